The third-order valence-electron chi connectivity index (χ3n) is 3.10. The first-order valence-electron chi connectivity index (χ1n) is 6.58. The van der Waals surface area contributed by atoms with E-state index in [0.717, 1.165) is 17.9 Å². The maximum atomic E-state index is 5.83. The molecule has 0 aliphatic rings. The summed E-state index contributed by atoms with van der Waals surface area (Å²) in [7, 11) is 0. The largest absolute Gasteiger partial charge is 0.363 e. The molecule has 2 aromatic rings. The minimum absolute atomic E-state index is 0.0150. The summed E-state index contributed by atoms with van der Waals surface area (Å²) in [5.74, 6) is 0. The van der Waals surface area contributed by atoms with Crippen LogP contribution in [-0.2, 0) is 6.54 Å². The Bertz CT molecular complexity index is 489. The van der Waals surface area contributed by atoms with Gasteiger partial charge in [-0.05, 0) is 44.4 Å². The zero-order valence-electron chi connectivity index (χ0n) is 11.7. The monoisotopic (exact) mass is 275 g/mol. The summed E-state index contributed by atoms with van der Waals surface area (Å²) in [6.45, 7) is 7.28. The number of nitrogens with zero attached hydrogens (tertiary/aromatic N) is 2. The number of nitrogens with two attached hydrogens (primary N) is 1. The molecule has 0 saturated carbocycles. The Kier molecular flexibility index (Phi) is 4.56. The van der Waals surface area contributed by atoms with Crippen LogP contribution in [0.25, 0.3) is 0 Å². The summed E-state index contributed by atoms with van der Waals surface area (Å²) in [6, 6.07) is 8.81. The second-order valence-corrected chi connectivity index (χ2v) is 6.06. The molecule has 0 aliphatic carbocycles. The first-order chi connectivity index (χ1) is 9.08. The van der Waals surface area contributed by atoms with Gasteiger partial charge in [0.25, 0.3) is 0 Å². The highest BCUT2D eigenvalue weighted by Gasteiger charge is 2.12. The van der Waals surface area contributed by atoms with Gasteiger partial charge >= 0.3 is 0 Å². The van der Waals surface area contributed by atoms with Crippen molar-refractivity contribution >= 4 is 17.0 Å². The zero-order chi connectivity index (χ0) is 13.8. The van der Waals surface area contributed by atoms with Crippen molar-refractivity contribution in [3.05, 3.63) is 46.4 Å². The number of anilines is 1. The molecular weight excluding hydrogens is 254 g/mol. The second kappa shape index (κ2) is 6.17. The Morgan fingerprint density at radius 3 is 2.53 bits per heavy atom. The fourth-order valence-corrected chi connectivity index (χ4v) is 2.68. The average Bonchev–Trinajstić information content (AvgIpc) is 2.88. The molecule has 0 amide bonds. The molecule has 0 bridgehead atoms. The van der Waals surface area contributed by atoms with E-state index in [1.54, 1.807) is 11.3 Å². The molecule has 0 fully saturated rings. The molecule has 1 unspecified atom stereocenters. The SMILES string of the molecule is CC(N)c1ccc(N(Cc2cccs2)C(C)C)cn1. The molecule has 2 aromatic heterocycles. The van der Waals surface area contributed by atoms with Crippen LogP contribution in [0.15, 0.2) is 35.8 Å². The van der Waals surface area contributed by atoms with E-state index < -0.39 is 0 Å². The molecule has 0 spiro atoms. The molecule has 0 saturated heterocycles. The van der Waals surface area contributed by atoms with Gasteiger partial charge in [0, 0.05) is 17.0 Å². The molecule has 19 heavy (non-hydrogen) atoms. The van der Waals surface area contributed by atoms with Crippen molar-refractivity contribution in [2.45, 2.75) is 39.4 Å². The minimum Gasteiger partial charge on any atom is -0.363 e. The van der Waals surface area contributed by atoms with E-state index in [1.165, 1.54) is 4.88 Å². The van der Waals surface area contributed by atoms with Crippen LogP contribution in [0.2, 0.25) is 0 Å². The first kappa shape index (κ1) is 14.0. The fourth-order valence-electron chi connectivity index (χ4n) is 1.98. The van der Waals surface area contributed by atoms with E-state index in [4.69, 9.17) is 5.73 Å². The van der Waals surface area contributed by atoms with Crippen molar-refractivity contribution in [1.29, 1.82) is 0 Å². The van der Waals surface area contributed by atoms with Crippen molar-refractivity contribution in [1.82, 2.24) is 4.98 Å². The zero-order valence-corrected chi connectivity index (χ0v) is 12.5. The van der Waals surface area contributed by atoms with E-state index in [1.807, 2.05) is 19.2 Å². The Hall–Kier alpha value is -1.39. The van der Waals surface area contributed by atoms with E-state index in [-0.39, 0.29) is 6.04 Å². The van der Waals surface area contributed by atoms with Crippen molar-refractivity contribution in [3.63, 3.8) is 0 Å². The molecule has 0 aliphatic heterocycles. The predicted octanol–water partition coefficient (Wildman–Crippen LogP) is 3.58. The summed E-state index contributed by atoms with van der Waals surface area (Å²) in [4.78, 5) is 8.16. The Morgan fingerprint density at radius 1 is 1.26 bits per heavy atom. The van der Waals surface area contributed by atoms with Crippen LogP contribution in [-0.4, -0.2) is 11.0 Å². The summed E-state index contributed by atoms with van der Waals surface area (Å²) in [5, 5.41) is 2.12. The Morgan fingerprint density at radius 2 is 2.05 bits per heavy atom. The van der Waals surface area contributed by atoms with Gasteiger partial charge in [0.05, 0.1) is 24.1 Å². The van der Waals surface area contributed by atoms with Gasteiger partial charge in [-0.2, -0.15) is 0 Å². The topological polar surface area (TPSA) is 42.1 Å². The Labute approximate surface area is 119 Å². The lowest BCUT2D eigenvalue weighted by Crippen LogP contribution is -2.29. The van der Waals surface area contributed by atoms with E-state index >= 15 is 0 Å². The summed E-state index contributed by atoms with van der Waals surface area (Å²) < 4.78 is 0. The van der Waals surface area contributed by atoms with Gasteiger partial charge in [0.2, 0.25) is 0 Å². The number of pyridine rings is 1. The summed E-state index contributed by atoms with van der Waals surface area (Å²) >= 11 is 1.79. The third kappa shape index (κ3) is 3.55. The highest BCUT2D eigenvalue weighted by Crippen LogP contribution is 2.22. The van der Waals surface area contributed by atoms with Gasteiger partial charge in [-0.1, -0.05) is 6.07 Å². The predicted molar refractivity (Wildman–Crippen MR) is 82.5 cm³/mol. The van der Waals surface area contributed by atoms with Crippen LogP contribution in [0.3, 0.4) is 0 Å². The second-order valence-electron chi connectivity index (χ2n) is 5.03. The standard InChI is InChI=1S/C15H21N3S/c1-11(2)18(10-14-5-4-8-19-14)13-6-7-15(12(3)16)17-9-13/h4-9,11-12H,10,16H2,1-3H3. The van der Waals surface area contributed by atoms with Crippen molar-refractivity contribution < 1.29 is 0 Å². The molecule has 2 N–H and O–H groups in total. The highest BCUT2D eigenvalue weighted by molar-refractivity contribution is 7.09. The van der Waals surface area contributed by atoms with E-state index in [2.05, 4.69) is 47.3 Å². The van der Waals surface area contributed by atoms with Gasteiger partial charge in [-0.25, -0.2) is 0 Å². The Balaban J connectivity index is 2.19. The molecular formula is C15H21N3S. The van der Waals surface area contributed by atoms with Crippen LogP contribution in [0.5, 0.6) is 0 Å². The van der Waals surface area contributed by atoms with Gasteiger partial charge in [-0.15, -0.1) is 11.3 Å². The average molecular weight is 275 g/mol. The quantitative estimate of drug-likeness (QED) is 0.907. The summed E-state index contributed by atoms with van der Waals surface area (Å²) in [5.41, 5.74) is 7.91. The van der Waals surface area contributed by atoms with Crippen molar-refractivity contribution in [3.8, 4) is 0 Å². The smallest absolute Gasteiger partial charge is 0.0569 e. The fraction of sp³-hybridized carbons (Fsp3) is 0.400. The van der Waals surface area contributed by atoms with E-state index in [9.17, 15) is 0 Å². The number of aromatic nitrogens is 1. The van der Waals surface area contributed by atoms with Crippen LogP contribution in [0.1, 0.15) is 37.4 Å². The lowest BCUT2D eigenvalue weighted by atomic mass is 10.2. The molecule has 2 heterocycles. The van der Waals surface area contributed by atoms with Crippen LogP contribution in [0.4, 0.5) is 5.69 Å². The maximum absolute atomic E-state index is 5.83. The van der Waals surface area contributed by atoms with Gasteiger partial charge in [0.1, 0.15) is 0 Å². The molecule has 0 radical (unpaired) electrons. The third-order valence-corrected chi connectivity index (χ3v) is 3.96. The van der Waals surface area contributed by atoms with Gasteiger partial charge in [-0.3, -0.25) is 4.98 Å². The van der Waals surface area contributed by atoms with Crippen molar-refractivity contribution in [2.75, 3.05) is 4.90 Å². The summed E-state index contributed by atoms with van der Waals surface area (Å²) in [6.07, 6.45) is 1.92. The van der Waals surface area contributed by atoms with Crippen LogP contribution in [0, 0.1) is 0 Å². The highest BCUT2D eigenvalue weighted by atomic mass is 32.1. The van der Waals surface area contributed by atoms with Gasteiger partial charge < -0.3 is 10.6 Å². The maximum Gasteiger partial charge on any atom is 0.0569 e. The molecule has 3 nitrogen and oxygen atoms in total. The number of hydrogen-bond acceptors (Lipinski definition) is 4. The number of rotatable bonds is 5. The number of thiophene rings is 1. The van der Waals surface area contributed by atoms with Crippen LogP contribution < -0.4 is 10.6 Å². The molecule has 0 aromatic carbocycles. The lowest BCUT2D eigenvalue weighted by Gasteiger charge is -2.28. The minimum atomic E-state index is -0.0150. The first-order valence-corrected chi connectivity index (χ1v) is 7.46. The number of hydrogen-bond donors (Lipinski definition) is 1. The molecule has 4 heteroatoms. The normalized spacial score (nSPS) is 12.7. The van der Waals surface area contributed by atoms with Gasteiger partial charge in [0.15, 0.2) is 0 Å². The van der Waals surface area contributed by atoms with Crippen molar-refractivity contribution in [2.24, 2.45) is 5.73 Å². The lowest BCUT2D eigenvalue weighted by molar-refractivity contribution is 0.683. The molecule has 102 valence electrons. The van der Waals surface area contributed by atoms with Crippen LogP contribution >= 0.6 is 11.3 Å². The molecule has 1 atom stereocenters. The molecule has 2 rings (SSSR count). The van der Waals surface area contributed by atoms with E-state index in [0.29, 0.717) is 6.04 Å².